The number of hydrogen-bond acceptors (Lipinski definition) is 1. The van der Waals surface area contributed by atoms with Gasteiger partial charge in [-0.2, -0.15) is 0 Å². The van der Waals surface area contributed by atoms with E-state index < -0.39 is 0 Å². The summed E-state index contributed by atoms with van der Waals surface area (Å²) in [6.07, 6.45) is 6.04. The van der Waals surface area contributed by atoms with Crippen LogP contribution in [-0.2, 0) is 0 Å². The Morgan fingerprint density at radius 2 is 1.94 bits per heavy atom. The summed E-state index contributed by atoms with van der Waals surface area (Å²) in [7, 11) is 1.91. The van der Waals surface area contributed by atoms with Crippen LogP contribution in [0.4, 0.5) is 0 Å². The van der Waals surface area contributed by atoms with E-state index >= 15 is 0 Å². The highest BCUT2D eigenvalue weighted by atomic mass is 35.5. The van der Waals surface area contributed by atoms with E-state index in [0.717, 1.165) is 6.42 Å². The van der Waals surface area contributed by atoms with Crippen LogP contribution < -0.4 is 0 Å². The van der Waals surface area contributed by atoms with Crippen LogP contribution in [0.2, 0.25) is 0 Å². The molecule has 1 saturated carbocycles. The van der Waals surface area contributed by atoms with Crippen LogP contribution in [0.3, 0.4) is 0 Å². The Balaban J connectivity index is 2.12. The summed E-state index contributed by atoms with van der Waals surface area (Å²) in [5.41, 5.74) is 5.69. The van der Waals surface area contributed by atoms with Gasteiger partial charge in [0, 0.05) is 24.6 Å². The molecule has 0 saturated heterocycles. The van der Waals surface area contributed by atoms with Gasteiger partial charge in [0.15, 0.2) is 0 Å². The van der Waals surface area contributed by atoms with Gasteiger partial charge in [0.2, 0.25) is 0 Å². The van der Waals surface area contributed by atoms with Crippen molar-refractivity contribution in [3.05, 3.63) is 21.2 Å². The molecule has 2 bridgehead atoms. The van der Waals surface area contributed by atoms with Gasteiger partial charge in [-0.05, 0) is 43.3 Å². The molecule has 1 fully saturated rings. The zero-order valence-corrected chi connectivity index (χ0v) is 10.9. The first-order valence-corrected chi connectivity index (χ1v) is 6.73. The van der Waals surface area contributed by atoms with Crippen LogP contribution in [0, 0.1) is 11.8 Å². The lowest BCUT2D eigenvalue weighted by molar-refractivity contribution is 0.613. The maximum absolute atomic E-state index is 6.05. The van der Waals surface area contributed by atoms with Crippen molar-refractivity contribution >= 4 is 28.9 Å². The molecule has 0 aromatic heterocycles. The second-order valence-corrected chi connectivity index (χ2v) is 5.81. The number of aliphatic imine (C=N–C) groups is 1. The molecule has 0 heterocycles. The minimum Gasteiger partial charge on any atom is -0.293 e. The molecule has 0 aromatic rings. The van der Waals surface area contributed by atoms with E-state index in [2.05, 4.69) is 4.99 Å². The lowest BCUT2D eigenvalue weighted by Gasteiger charge is -2.24. The predicted octanol–water partition coefficient (Wildman–Crippen LogP) is 4.27. The predicted molar refractivity (Wildman–Crippen MR) is 69.2 cm³/mol. The van der Waals surface area contributed by atoms with Crippen molar-refractivity contribution in [2.45, 2.75) is 32.1 Å². The number of hydrogen-bond donors (Lipinski definition) is 0. The number of rotatable bonds is 0. The van der Waals surface area contributed by atoms with Crippen LogP contribution in [0.1, 0.15) is 32.1 Å². The summed E-state index contributed by atoms with van der Waals surface area (Å²) in [5, 5.41) is 0. The Bertz CT molecular complexity index is 427. The van der Waals surface area contributed by atoms with Crippen molar-refractivity contribution < 1.29 is 0 Å². The third-order valence-electron chi connectivity index (χ3n) is 4.27. The van der Waals surface area contributed by atoms with Crippen LogP contribution in [0.25, 0.3) is 0 Å². The first kappa shape index (κ1) is 10.9. The van der Waals surface area contributed by atoms with Crippen molar-refractivity contribution in [2.75, 3.05) is 7.05 Å². The Kier molecular flexibility index (Phi) is 2.64. The van der Waals surface area contributed by atoms with Crippen LogP contribution >= 0.6 is 23.2 Å². The normalized spacial score (nSPS) is 34.9. The lowest BCUT2D eigenvalue weighted by atomic mass is 9.81. The van der Waals surface area contributed by atoms with E-state index in [9.17, 15) is 0 Å². The number of halogens is 2. The fraction of sp³-hybridized carbons (Fsp3) is 0.615. The Labute approximate surface area is 106 Å². The Morgan fingerprint density at radius 1 is 1.19 bits per heavy atom. The maximum Gasteiger partial charge on any atom is 0.107 e. The molecular weight excluding hydrogens is 241 g/mol. The van der Waals surface area contributed by atoms with Crippen molar-refractivity contribution in [1.29, 1.82) is 0 Å². The lowest BCUT2D eigenvalue weighted by Crippen LogP contribution is -2.17. The van der Waals surface area contributed by atoms with Gasteiger partial charge in [-0.3, -0.25) is 4.99 Å². The summed E-state index contributed by atoms with van der Waals surface area (Å²) in [5.74, 6) is 1.03. The molecule has 1 nitrogen and oxygen atoms in total. The number of nitrogens with zero attached hydrogens (tertiary/aromatic N) is 1. The van der Waals surface area contributed by atoms with Gasteiger partial charge in [-0.1, -0.05) is 28.8 Å². The van der Waals surface area contributed by atoms with Crippen LogP contribution in [-0.4, -0.2) is 12.8 Å². The van der Waals surface area contributed by atoms with Gasteiger partial charge >= 0.3 is 0 Å². The molecule has 0 aromatic carbocycles. The largest absolute Gasteiger partial charge is 0.293 e. The quantitative estimate of drug-likeness (QED) is 0.613. The van der Waals surface area contributed by atoms with E-state index in [1.807, 2.05) is 7.05 Å². The van der Waals surface area contributed by atoms with Crippen LogP contribution in [0.5, 0.6) is 0 Å². The fourth-order valence-electron chi connectivity index (χ4n) is 3.73. The second kappa shape index (κ2) is 3.89. The third kappa shape index (κ3) is 1.34. The molecule has 2 atom stereocenters. The fourth-order valence-corrected chi connectivity index (χ4v) is 4.26. The summed E-state index contributed by atoms with van der Waals surface area (Å²) < 4.78 is 0.511. The van der Waals surface area contributed by atoms with Crippen molar-refractivity contribution in [1.82, 2.24) is 0 Å². The van der Waals surface area contributed by atoms with E-state index in [4.69, 9.17) is 23.2 Å². The van der Waals surface area contributed by atoms with Gasteiger partial charge in [0.05, 0.1) is 0 Å². The highest BCUT2D eigenvalue weighted by molar-refractivity contribution is 6.56. The minimum absolute atomic E-state index is 0.490. The van der Waals surface area contributed by atoms with Crippen molar-refractivity contribution in [3.8, 4) is 0 Å². The standard InChI is InChI=1S/C13H15Cl2N/c1-16-10-4-2-3-7-8-5-6-9(11(7)10)12(8)13(14)15/h8-9H,2-6H2,1H3. The van der Waals surface area contributed by atoms with Gasteiger partial charge in [-0.25, -0.2) is 0 Å². The second-order valence-electron chi connectivity index (χ2n) is 4.86. The Morgan fingerprint density at radius 3 is 2.62 bits per heavy atom. The van der Waals surface area contributed by atoms with Crippen molar-refractivity contribution in [2.24, 2.45) is 16.8 Å². The molecule has 3 rings (SSSR count). The molecule has 0 aliphatic heterocycles. The molecule has 3 aliphatic carbocycles. The summed E-state index contributed by atoms with van der Waals surface area (Å²) in [6.45, 7) is 0. The topological polar surface area (TPSA) is 12.4 Å². The number of allylic oxidation sites excluding steroid dienone is 3. The van der Waals surface area contributed by atoms with Crippen LogP contribution in [0.15, 0.2) is 26.2 Å². The average Bonchev–Trinajstić information content (AvgIpc) is 2.84. The molecule has 3 aliphatic rings. The van der Waals surface area contributed by atoms with Gasteiger partial charge in [0.1, 0.15) is 4.49 Å². The molecule has 0 spiro atoms. The first-order valence-electron chi connectivity index (χ1n) is 5.98. The zero-order chi connectivity index (χ0) is 11.3. The first-order chi connectivity index (χ1) is 7.74. The van der Waals surface area contributed by atoms with Gasteiger partial charge < -0.3 is 0 Å². The number of fused-ring (bicyclic) bond motifs is 4. The third-order valence-corrected chi connectivity index (χ3v) is 4.71. The molecule has 86 valence electrons. The van der Waals surface area contributed by atoms with E-state index in [1.165, 1.54) is 42.5 Å². The molecule has 0 radical (unpaired) electrons. The highest BCUT2D eigenvalue weighted by Gasteiger charge is 2.46. The molecule has 16 heavy (non-hydrogen) atoms. The molecule has 0 amide bonds. The maximum atomic E-state index is 6.05. The van der Waals surface area contributed by atoms with Gasteiger partial charge in [-0.15, -0.1) is 0 Å². The highest BCUT2D eigenvalue weighted by Crippen LogP contribution is 2.57. The monoisotopic (exact) mass is 255 g/mol. The molecule has 2 unspecified atom stereocenters. The van der Waals surface area contributed by atoms with E-state index in [0.29, 0.717) is 16.3 Å². The summed E-state index contributed by atoms with van der Waals surface area (Å²) in [6, 6.07) is 0. The smallest absolute Gasteiger partial charge is 0.107 e. The summed E-state index contributed by atoms with van der Waals surface area (Å²) >= 11 is 12.1. The molecule has 3 heteroatoms. The summed E-state index contributed by atoms with van der Waals surface area (Å²) in [4.78, 5) is 4.45. The van der Waals surface area contributed by atoms with E-state index in [-0.39, 0.29) is 0 Å². The van der Waals surface area contributed by atoms with Crippen molar-refractivity contribution in [3.63, 3.8) is 0 Å². The van der Waals surface area contributed by atoms with E-state index in [1.54, 1.807) is 5.57 Å². The average molecular weight is 256 g/mol. The zero-order valence-electron chi connectivity index (χ0n) is 9.39. The SMILES string of the molecule is CN=C1CCCC2=C1C1CCC2C1=C(Cl)Cl. The molecular formula is C13H15Cl2N. The van der Waals surface area contributed by atoms with Gasteiger partial charge in [0.25, 0.3) is 0 Å². The molecule has 0 N–H and O–H groups in total. The minimum atomic E-state index is 0.490. The Hall–Kier alpha value is -0.270.